The molecule has 4 heteroatoms. The van der Waals surface area contributed by atoms with Gasteiger partial charge in [-0.1, -0.05) is 13.8 Å². The third kappa shape index (κ3) is 5.52. The number of rotatable bonds is 6. The Kier molecular flexibility index (Phi) is 6.76. The molecule has 0 spiro atoms. The van der Waals surface area contributed by atoms with Gasteiger partial charge in [-0.05, 0) is 38.5 Å². The summed E-state index contributed by atoms with van der Waals surface area (Å²) in [5, 5.41) is 6.13. The van der Waals surface area contributed by atoms with Crippen molar-refractivity contribution in [1.29, 1.82) is 0 Å². The van der Waals surface area contributed by atoms with Crippen molar-refractivity contribution in [3.8, 4) is 0 Å². The molecule has 0 aromatic heterocycles. The van der Waals surface area contributed by atoms with Gasteiger partial charge in [0.25, 0.3) is 0 Å². The highest BCUT2D eigenvalue weighted by Crippen LogP contribution is 2.19. The molecule has 1 rings (SSSR count). The first kappa shape index (κ1) is 15.0. The lowest BCUT2D eigenvalue weighted by molar-refractivity contribution is -0.122. The topological polar surface area (TPSA) is 58.2 Å². The molecule has 2 unspecified atom stereocenters. The van der Waals surface area contributed by atoms with E-state index in [4.69, 9.17) is 0 Å². The number of nitrogens with one attached hydrogen (secondary N) is 2. The number of carbonyl (C=O) groups excluding carboxylic acids is 2. The second-order valence-corrected chi connectivity index (χ2v) is 5.20. The van der Waals surface area contributed by atoms with Crippen LogP contribution in [-0.4, -0.2) is 23.9 Å². The molecule has 0 bridgehead atoms. The number of amides is 2. The van der Waals surface area contributed by atoms with Gasteiger partial charge in [-0.15, -0.1) is 0 Å². The fraction of sp³-hybridized carbons (Fsp3) is 0.857. The maximum Gasteiger partial charge on any atom is 0.220 e. The van der Waals surface area contributed by atoms with Gasteiger partial charge in [0.05, 0.1) is 0 Å². The number of carbonyl (C=O) groups is 2. The molecule has 0 saturated heterocycles. The average Bonchev–Trinajstić information content (AvgIpc) is 2.29. The Morgan fingerprint density at radius 3 is 1.78 bits per heavy atom. The average molecular weight is 254 g/mol. The highest BCUT2D eigenvalue weighted by Gasteiger charge is 2.23. The molecule has 4 nitrogen and oxygen atoms in total. The lowest BCUT2D eigenvalue weighted by Crippen LogP contribution is -2.45. The molecule has 0 aliphatic heterocycles. The second-order valence-electron chi connectivity index (χ2n) is 5.20. The zero-order valence-electron chi connectivity index (χ0n) is 11.6. The minimum absolute atomic E-state index is 0.142. The van der Waals surface area contributed by atoms with Crippen molar-refractivity contribution in [2.45, 2.75) is 77.3 Å². The summed E-state index contributed by atoms with van der Waals surface area (Å²) >= 11 is 0. The van der Waals surface area contributed by atoms with Gasteiger partial charge in [-0.25, -0.2) is 0 Å². The quantitative estimate of drug-likeness (QED) is 0.763. The normalized spacial score (nSPS) is 23.4. The summed E-state index contributed by atoms with van der Waals surface area (Å²) < 4.78 is 0. The smallest absolute Gasteiger partial charge is 0.220 e. The van der Waals surface area contributed by atoms with Gasteiger partial charge in [0, 0.05) is 24.9 Å². The van der Waals surface area contributed by atoms with E-state index in [1.165, 1.54) is 0 Å². The Morgan fingerprint density at radius 2 is 1.39 bits per heavy atom. The van der Waals surface area contributed by atoms with Crippen LogP contribution in [0.4, 0.5) is 0 Å². The molecule has 0 aromatic rings. The Morgan fingerprint density at radius 1 is 0.944 bits per heavy atom. The zero-order valence-corrected chi connectivity index (χ0v) is 11.6. The molecule has 18 heavy (non-hydrogen) atoms. The Balaban J connectivity index is 2.31. The Hall–Kier alpha value is -1.06. The number of hydrogen-bond acceptors (Lipinski definition) is 2. The third-order valence-electron chi connectivity index (χ3n) is 3.36. The molecule has 0 heterocycles. The van der Waals surface area contributed by atoms with E-state index in [0.29, 0.717) is 12.8 Å². The molecule has 2 amide bonds. The van der Waals surface area contributed by atoms with E-state index in [1.54, 1.807) is 0 Å². The van der Waals surface area contributed by atoms with E-state index in [-0.39, 0.29) is 23.9 Å². The Labute approximate surface area is 110 Å². The predicted molar refractivity (Wildman–Crippen MR) is 72.1 cm³/mol. The first-order valence-corrected chi connectivity index (χ1v) is 7.24. The van der Waals surface area contributed by atoms with Crippen molar-refractivity contribution in [2.75, 3.05) is 0 Å². The van der Waals surface area contributed by atoms with Crippen LogP contribution in [0.5, 0.6) is 0 Å². The molecule has 104 valence electrons. The molecule has 0 radical (unpaired) electrons. The number of hydrogen-bond donors (Lipinski definition) is 2. The third-order valence-corrected chi connectivity index (χ3v) is 3.36. The van der Waals surface area contributed by atoms with Gasteiger partial charge < -0.3 is 10.6 Å². The van der Waals surface area contributed by atoms with Crippen LogP contribution in [0.3, 0.4) is 0 Å². The molecule has 1 saturated carbocycles. The largest absolute Gasteiger partial charge is 0.353 e. The fourth-order valence-corrected chi connectivity index (χ4v) is 2.51. The summed E-state index contributed by atoms with van der Waals surface area (Å²) in [6.45, 7) is 4.02. The van der Waals surface area contributed by atoms with Crippen LogP contribution in [0.1, 0.15) is 65.2 Å². The van der Waals surface area contributed by atoms with Crippen molar-refractivity contribution in [2.24, 2.45) is 0 Å². The second kappa shape index (κ2) is 8.11. The maximum absolute atomic E-state index is 11.5. The predicted octanol–water partition coefficient (Wildman–Crippen LogP) is 2.13. The summed E-state index contributed by atoms with van der Waals surface area (Å²) in [7, 11) is 0. The van der Waals surface area contributed by atoms with Crippen LogP contribution < -0.4 is 10.6 Å². The minimum Gasteiger partial charge on any atom is -0.353 e. The summed E-state index contributed by atoms with van der Waals surface area (Å²) in [4.78, 5) is 23.1. The van der Waals surface area contributed by atoms with E-state index in [9.17, 15) is 9.59 Å². The lowest BCUT2D eigenvalue weighted by Gasteiger charge is -2.30. The monoisotopic (exact) mass is 254 g/mol. The molecule has 1 aliphatic rings. The van der Waals surface area contributed by atoms with Crippen molar-refractivity contribution in [1.82, 2.24) is 10.6 Å². The standard InChI is InChI=1S/C14H26N2O2/c1-3-6-13(17)15-11-8-5-9-12(10-11)16-14(18)7-4-2/h11-12H,3-10H2,1-2H3,(H,15,17)(H,16,18). The molecule has 1 fully saturated rings. The molecular formula is C14H26N2O2. The molecule has 2 N–H and O–H groups in total. The van der Waals surface area contributed by atoms with E-state index in [0.717, 1.165) is 38.5 Å². The van der Waals surface area contributed by atoms with Gasteiger partial charge in [0.15, 0.2) is 0 Å². The van der Waals surface area contributed by atoms with Crippen molar-refractivity contribution in [3.05, 3.63) is 0 Å². The minimum atomic E-state index is 0.142. The first-order valence-electron chi connectivity index (χ1n) is 7.24. The zero-order chi connectivity index (χ0) is 13.4. The lowest BCUT2D eigenvalue weighted by atomic mass is 9.90. The van der Waals surface area contributed by atoms with Gasteiger partial charge in [-0.2, -0.15) is 0 Å². The highest BCUT2D eigenvalue weighted by atomic mass is 16.2. The molecular weight excluding hydrogens is 228 g/mol. The highest BCUT2D eigenvalue weighted by molar-refractivity contribution is 5.76. The van der Waals surface area contributed by atoms with E-state index < -0.39 is 0 Å². The van der Waals surface area contributed by atoms with Crippen LogP contribution in [0.15, 0.2) is 0 Å². The van der Waals surface area contributed by atoms with Gasteiger partial charge in [0.2, 0.25) is 11.8 Å². The van der Waals surface area contributed by atoms with Crippen LogP contribution in [-0.2, 0) is 9.59 Å². The molecule has 1 aliphatic carbocycles. The first-order chi connectivity index (χ1) is 8.65. The van der Waals surface area contributed by atoms with Crippen LogP contribution >= 0.6 is 0 Å². The fourth-order valence-electron chi connectivity index (χ4n) is 2.51. The van der Waals surface area contributed by atoms with Gasteiger partial charge in [0.1, 0.15) is 0 Å². The summed E-state index contributed by atoms with van der Waals surface area (Å²) in [5.41, 5.74) is 0. The van der Waals surface area contributed by atoms with Gasteiger partial charge >= 0.3 is 0 Å². The summed E-state index contributed by atoms with van der Waals surface area (Å²) in [6.07, 6.45) is 7.00. The van der Waals surface area contributed by atoms with Gasteiger partial charge in [-0.3, -0.25) is 9.59 Å². The Bertz CT molecular complexity index is 253. The SMILES string of the molecule is CCCC(=O)NC1CCCC(NC(=O)CCC)C1. The summed E-state index contributed by atoms with van der Waals surface area (Å²) in [5.74, 6) is 0.283. The van der Waals surface area contributed by atoms with E-state index in [2.05, 4.69) is 10.6 Å². The van der Waals surface area contributed by atoms with E-state index in [1.807, 2.05) is 13.8 Å². The summed E-state index contributed by atoms with van der Waals surface area (Å²) in [6, 6.07) is 0.481. The van der Waals surface area contributed by atoms with Crippen molar-refractivity contribution in [3.63, 3.8) is 0 Å². The van der Waals surface area contributed by atoms with Crippen LogP contribution in [0.2, 0.25) is 0 Å². The van der Waals surface area contributed by atoms with Crippen LogP contribution in [0, 0.1) is 0 Å². The van der Waals surface area contributed by atoms with Crippen molar-refractivity contribution < 1.29 is 9.59 Å². The van der Waals surface area contributed by atoms with Crippen LogP contribution in [0.25, 0.3) is 0 Å². The van der Waals surface area contributed by atoms with Crippen molar-refractivity contribution >= 4 is 11.8 Å². The molecule has 0 aromatic carbocycles. The van der Waals surface area contributed by atoms with E-state index >= 15 is 0 Å². The maximum atomic E-state index is 11.5. The molecule has 2 atom stereocenters.